The van der Waals surface area contributed by atoms with Gasteiger partial charge in [-0.2, -0.15) is 10.2 Å². The average Bonchev–Trinajstić information content (AvgIpc) is 2.96. The van der Waals surface area contributed by atoms with Crippen molar-refractivity contribution in [1.29, 1.82) is 0 Å². The molecular formula is C14H22N4O. The highest BCUT2D eigenvalue weighted by atomic mass is 16.3. The molecular weight excluding hydrogens is 240 g/mol. The zero-order valence-corrected chi connectivity index (χ0v) is 11.9. The molecule has 104 valence electrons. The summed E-state index contributed by atoms with van der Waals surface area (Å²) in [7, 11) is 0. The second-order valence-corrected chi connectivity index (χ2v) is 4.85. The third-order valence-corrected chi connectivity index (χ3v) is 3.18. The fourth-order valence-electron chi connectivity index (χ4n) is 2.26. The van der Waals surface area contributed by atoms with Crippen LogP contribution in [0.15, 0.2) is 18.5 Å². The third kappa shape index (κ3) is 3.23. The van der Waals surface area contributed by atoms with Crippen LogP contribution in [-0.4, -0.2) is 24.7 Å². The number of rotatable bonds is 6. The Morgan fingerprint density at radius 1 is 1.37 bits per heavy atom. The highest BCUT2D eigenvalue weighted by molar-refractivity contribution is 5.15. The van der Waals surface area contributed by atoms with Crippen LogP contribution in [0, 0.1) is 6.92 Å². The standard InChI is InChI=1S/C14H22N4O/c1-4-6-17-10-12(9-15-17)14(19)8-13-7-11(3)16-18(13)5-2/h7,9-10,14,19H,4-6,8H2,1-3H3. The molecule has 0 aliphatic carbocycles. The molecule has 1 N–H and O–H groups in total. The van der Waals surface area contributed by atoms with Gasteiger partial charge in [0.1, 0.15) is 0 Å². The van der Waals surface area contributed by atoms with E-state index < -0.39 is 6.10 Å². The summed E-state index contributed by atoms with van der Waals surface area (Å²) < 4.78 is 3.82. The van der Waals surface area contributed by atoms with E-state index in [0.29, 0.717) is 6.42 Å². The molecule has 1 atom stereocenters. The molecule has 0 spiro atoms. The van der Waals surface area contributed by atoms with Crippen molar-refractivity contribution in [3.8, 4) is 0 Å². The zero-order valence-electron chi connectivity index (χ0n) is 11.9. The number of hydrogen-bond donors (Lipinski definition) is 1. The lowest BCUT2D eigenvalue weighted by Gasteiger charge is -2.09. The predicted molar refractivity (Wildman–Crippen MR) is 73.8 cm³/mol. The minimum absolute atomic E-state index is 0.521. The Morgan fingerprint density at radius 2 is 2.16 bits per heavy atom. The van der Waals surface area contributed by atoms with Crippen LogP contribution in [0.3, 0.4) is 0 Å². The summed E-state index contributed by atoms with van der Waals surface area (Å²) >= 11 is 0. The van der Waals surface area contributed by atoms with E-state index in [1.165, 1.54) is 0 Å². The molecule has 1 unspecified atom stereocenters. The van der Waals surface area contributed by atoms with E-state index in [9.17, 15) is 5.11 Å². The molecule has 0 radical (unpaired) electrons. The molecule has 0 fully saturated rings. The monoisotopic (exact) mass is 262 g/mol. The van der Waals surface area contributed by atoms with Gasteiger partial charge in [0.25, 0.3) is 0 Å². The molecule has 0 saturated carbocycles. The van der Waals surface area contributed by atoms with Gasteiger partial charge in [-0.05, 0) is 26.3 Å². The molecule has 0 saturated heterocycles. The molecule has 5 heteroatoms. The highest BCUT2D eigenvalue weighted by Crippen LogP contribution is 2.18. The zero-order chi connectivity index (χ0) is 13.8. The van der Waals surface area contributed by atoms with Crippen molar-refractivity contribution in [2.24, 2.45) is 0 Å². The van der Waals surface area contributed by atoms with E-state index in [-0.39, 0.29) is 0 Å². The Hall–Kier alpha value is -1.62. The quantitative estimate of drug-likeness (QED) is 0.867. The summed E-state index contributed by atoms with van der Waals surface area (Å²) in [5.74, 6) is 0. The SMILES string of the molecule is CCCn1cc(C(O)Cc2cc(C)nn2CC)cn1. The number of aliphatic hydroxyl groups is 1. The summed E-state index contributed by atoms with van der Waals surface area (Å²) in [6, 6.07) is 2.03. The Morgan fingerprint density at radius 3 is 2.84 bits per heavy atom. The summed E-state index contributed by atoms with van der Waals surface area (Å²) in [6.45, 7) is 7.85. The molecule has 0 aliphatic heterocycles. The smallest absolute Gasteiger partial charge is 0.0875 e. The first-order valence-corrected chi connectivity index (χ1v) is 6.87. The summed E-state index contributed by atoms with van der Waals surface area (Å²) in [5, 5.41) is 18.9. The summed E-state index contributed by atoms with van der Waals surface area (Å²) in [6.07, 6.45) is 4.77. The number of nitrogens with zero attached hydrogens (tertiary/aromatic N) is 4. The molecule has 2 aromatic rings. The van der Waals surface area contributed by atoms with Crippen LogP contribution in [0.5, 0.6) is 0 Å². The van der Waals surface area contributed by atoms with Crippen LogP contribution in [0.25, 0.3) is 0 Å². The van der Waals surface area contributed by atoms with Gasteiger partial charge >= 0.3 is 0 Å². The van der Waals surface area contributed by atoms with Crippen molar-refractivity contribution in [3.63, 3.8) is 0 Å². The van der Waals surface area contributed by atoms with E-state index in [1.807, 2.05) is 28.6 Å². The lowest BCUT2D eigenvalue weighted by Crippen LogP contribution is -2.08. The van der Waals surface area contributed by atoms with Crippen LogP contribution in [0.4, 0.5) is 0 Å². The maximum atomic E-state index is 10.3. The first-order valence-electron chi connectivity index (χ1n) is 6.87. The fraction of sp³-hybridized carbons (Fsp3) is 0.571. The fourth-order valence-corrected chi connectivity index (χ4v) is 2.26. The largest absolute Gasteiger partial charge is 0.388 e. The van der Waals surface area contributed by atoms with Gasteiger partial charge in [-0.15, -0.1) is 0 Å². The van der Waals surface area contributed by atoms with Crippen LogP contribution >= 0.6 is 0 Å². The van der Waals surface area contributed by atoms with Gasteiger partial charge in [-0.1, -0.05) is 6.92 Å². The van der Waals surface area contributed by atoms with Gasteiger partial charge < -0.3 is 5.11 Å². The van der Waals surface area contributed by atoms with Crippen molar-refractivity contribution in [2.75, 3.05) is 0 Å². The summed E-state index contributed by atoms with van der Waals surface area (Å²) in [4.78, 5) is 0. The number of aromatic nitrogens is 4. The molecule has 2 aromatic heterocycles. The van der Waals surface area contributed by atoms with E-state index in [1.54, 1.807) is 6.20 Å². The maximum absolute atomic E-state index is 10.3. The first-order chi connectivity index (χ1) is 9.13. The van der Waals surface area contributed by atoms with Gasteiger partial charge in [0, 0.05) is 37.0 Å². The van der Waals surface area contributed by atoms with Crippen LogP contribution < -0.4 is 0 Å². The third-order valence-electron chi connectivity index (χ3n) is 3.18. The molecule has 19 heavy (non-hydrogen) atoms. The van der Waals surface area contributed by atoms with Crippen LogP contribution in [-0.2, 0) is 19.5 Å². The van der Waals surface area contributed by atoms with Gasteiger partial charge in [0.2, 0.25) is 0 Å². The second kappa shape index (κ2) is 6.02. The molecule has 2 heterocycles. The van der Waals surface area contributed by atoms with Gasteiger partial charge in [-0.3, -0.25) is 9.36 Å². The molecule has 2 rings (SSSR count). The van der Waals surface area contributed by atoms with Gasteiger partial charge in [0.05, 0.1) is 18.0 Å². The Bertz CT molecular complexity index is 529. The van der Waals surface area contributed by atoms with Crippen LogP contribution in [0.2, 0.25) is 0 Å². The maximum Gasteiger partial charge on any atom is 0.0875 e. The van der Waals surface area contributed by atoms with Crippen molar-refractivity contribution in [2.45, 2.75) is 52.8 Å². The minimum atomic E-state index is -0.521. The molecule has 0 aromatic carbocycles. The lowest BCUT2D eigenvalue weighted by atomic mass is 10.1. The Labute approximate surface area is 113 Å². The van der Waals surface area contributed by atoms with Crippen LogP contribution in [0.1, 0.15) is 43.3 Å². The van der Waals surface area contributed by atoms with E-state index in [0.717, 1.165) is 36.5 Å². The molecule has 0 amide bonds. The van der Waals surface area contributed by atoms with Gasteiger partial charge in [0.15, 0.2) is 0 Å². The lowest BCUT2D eigenvalue weighted by molar-refractivity contribution is 0.175. The molecule has 5 nitrogen and oxygen atoms in total. The minimum Gasteiger partial charge on any atom is -0.388 e. The topological polar surface area (TPSA) is 55.9 Å². The van der Waals surface area contributed by atoms with Crippen molar-refractivity contribution in [3.05, 3.63) is 35.4 Å². The molecule has 0 aliphatic rings. The van der Waals surface area contributed by atoms with Crippen molar-refractivity contribution >= 4 is 0 Å². The summed E-state index contributed by atoms with van der Waals surface area (Å²) in [5.41, 5.74) is 2.93. The molecule has 0 bridgehead atoms. The van der Waals surface area contributed by atoms with Gasteiger partial charge in [-0.25, -0.2) is 0 Å². The van der Waals surface area contributed by atoms with E-state index in [2.05, 4.69) is 24.0 Å². The number of aryl methyl sites for hydroxylation is 3. The Balaban J connectivity index is 2.08. The van der Waals surface area contributed by atoms with E-state index in [4.69, 9.17) is 0 Å². The predicted octanol–water partition coefficient (Wildman–Crippen LogP) is 2.09. The highest BCUT2D eigenvalue weighted by Gasteiger charge is 2.14. The van der Waals surface area contributed by atoms with E-state index >= 15 is 0 Å². The normalized spacial score (nSPS) is 12.8. The van der Waals surface area contributed by atoms with Crippen molar-refractivity contribution < 1.29 is 5.11 Å². The first kappa shape index (κ1) is 13.8. The Kier molecular flexibility index (Phi) is 4.37. The van der Waals surface area contributed by atoms with Crippen molar-refractivity contribution in [1.82, 2.24) is 19.6 Å². The number of aliphatic hydroxyl groups excluding tert-OH is 1. The average molecular weight is 262 g/mol. The number of hydrogen-bond acceptors (Lipinski definition) is 3. The second-order valence-electron chi connectivity index (χ2n) is 4.85.